The fourth-order valence-electron chi connectivity index (χ4n) is 4.64. The van der Waals surface area contributed by atoms with Crippen molar-refractivity contribution >= 4 is 29.1 Å². The first kappa shape index (κ1) is 16.9. The summed E-state index contributed by atoms with van der Waals surface area (Å²) in [5, 5.41) is 4.60. The van der Waals surface area contributed by atoms with E-state index in [1.165, 1.54) is 17.0 Å². The second-order valence-corrected chi connectivity index (χ2v) is 7.57. The highest BCUT2D eigenvalue weighted by Gasteiger charge is 2.62. The number of anilines is 1. The van der Waals surface area contributed by atoms with Crippen molar-refractivity contribution in [2.45, 2.75) is 18.5 Å². The van der Waals surface area contributed by atoms with E-state index in [-0.39, 0.29) is 23.7 Å². The summed E-state index contributed by atoms with van der Waals surface area (Å²) in [7, 11) is 0. The lowest BCUT2D eigenvalue weighted by Gasteiger charge is -2.29. The Bertz CT molecular complexity index is 935. The molecule has 2 aromatic rings. The summed E-state index contributed by atoms with van der Waals surface area (Å²) >= 11 is 6.06. The highest BCUT2D eigenvalue weighted by molar-refractivity contribution is 6.31. The van der Waals surface area contributed by atoms with Gasteiger partial charge in [-0.15, -0.1) is 0 Å². The molecule has 0 bridgehead atoms. The second kappa shape index (κ2) is 6.12. The first-order valence-corrected chi connectivity index (χ1v) is 9.36. The highest BCUT2D eigenvalue weighted by atomic mass is 35.5. The van der Waals surface area contributed by atoms with Crippen molar-refractivity contribution in [1.82, 2.24) is 10.0 Å². The lowest BCUT2D eigenvalue weighted by atomic mass is 9.90. The number of carbonyl (C=O) groups excluding carboxylic acids is 2. The average molecular weight is 386 g/mol. The van der Waals surface area contributed by atoms with E-state index in [1.54, 1.807) is 36.4 Å². The van der Waals surface area contributed by atoms with Crippen LogP contribution in [-0.4, -0.2) is 41.0 Å². The molecule has 3 saturated heterocycles. The molecule has 0 saturated carbocycles. The zero-order valence-corrected chi connectivity index (χ0v) is 15.1. The number of hydrazine groups is 1. The number of benzene rings is 2. The number of rotatable bonds is 2. The Morgan fingerprint density at radius 2 is 1.63 bits per heavy atom. The maximum absolute atomic E-state index is 13.4. The standard InChI is InChI=1S/C20H17ClFN3O2/c21-13-3-1-4-15(11-13)25-19(26)16-17(12-5-7-14(22)8-6-12)23-9-2-10-24(23)18(16)20(25)27/h1,3-8,11,16-18H,2,9-10H2/t16-,17+,18-/m1/s1. The number of hydrogen-bond acceptors (Lipinski definition) is 4. The summed E-state index contributed by atoms with van der Waals surface area (Å²) in [5.41, 5.74) is 1.35. The van der Waals surface area contributed by atoms with E-state index < -0.39 is 12.0 Å². The van der Waals surface area contributed by atoms with Crippen molar-refractivity contribution in [1.29, 1.82) is 0 Å². The average Bonchev–Trinajstić information content (AvgIpc) is 3.28. The smallest absolute Gasteiger partial charge is 0.253 e. The third kappa shape index (κ3) is 2.44. The lowest BCUT2D eigenvalue weighted by molar-refractivity contribution is -0.126. The molecule has 0 aromatic heterocycles. The van der Waals surface area contributed by atoms with E-state index in [0.717, 1.165) is 25.1 Å². The Balaban J connectivity index is 1.59. The van der Waals surface area contributed by atoms with Crippen LogP contribution >= 0.6 is 11.6 Å². The number of imide groups is 1. The van der Waals surface area contributed by atoms with Gasteiger partial charge >= 0.3 is 0 Å². The number of halogens is 2. The Hall–Kier alpha value is -2.28. The van der Waals surface area contributed by atoms with Crippen molar-refractivity contribution in [2.24, 2.45) is 5.92 Å². The summed E-state index contributed by atoms with van der Waals surface area (Å²) in [6.07, 6.45) is 0.930. The van der Waals surface area contributed by atoms with Gasteiger partial charge in [-0.3, -0.25) is 9.59 Å². The van der Waals surface area contributed by atoms with E-state index in [0.29, 0.717) is 10.7 Å². The van der Waals surface area contributed by atoms with Crippen molar-refractivity contribution in [3.63, 3.8) is 0 Å². The molecule has 0 spiro atoms. The van der Waals surface area contributed by atoms with Crippen LogP contribution in [0.1, 0.15) is 18.0 Å². The van der Waals surface area contributed by atoms with Crippen LogP contribution in [0.15, 0.2) is 48.5 Å². The minimum absolute atomic E-state index is 0.219. The van der Waals surface area contributed by atoms with Crippen LogP contribution in [-0.2, 0) is 9.59 Å². The van der Waals surface area contributed by atoms with Gasteiger partial charge in [0.05, 0.1) is 17.6 Å². The van der Waals surface area contributed by atoms with E-state index in [4.69, 9.17) is 11.6 Å². The van der Waals surface area contributed by atoms with Crippen LogP contribution in [0.2, 0.25) is 5.02 Å². The van der Waals surface area contributed by atoms with E-state index in [9.17, 15) is 14.0 Å². The minimum Gasteiger partial charge on any atom is -0.274 e. The SMILES string of the molecule is O=C1[C@H]2[C@H](C(=O)N1c1cccc(Cl)c1)N1CCCN1[C@H]2c1ccc(F)cc1. The van der Waals surface area contributed by atoms with Crippen LogP contribution in [0, 0.1) is 11.7 Å². The van der Waals surface area contributed by atoms with E-state index in [2.05, 4.69) is 5.01 Å². The third-order valence-corrected chi connectivity index (χ3v) is 5.92. The summed E-state index contributed by atoms with van der Waals surface area (Å²) in [5.74, 6) is -1.28. The van der Waals surface area contributed by atoms with Gasteiger partial charge < -0.3 is 0 Å². The quantitative estimate of drug-likeness (QED) is 0.745. The summed E-state index contributed by atoms with van der Waals surface area (Å²) in [6.45, 7) is 1.52. The minimum atomic E-state index is -0.519. The molecule has 27 heavy (non-hydrogen) atoms. The molecule has 3 fully saturated rings. The Kier molecular flexibility index (Phi) is 3.82. The molecule has 5 nitrogen and oxygen atoms in total. The van der Waals surface area contributed by atoms with Crippen molar-refractivity contribution in [3.8, 4) is 0 Å². The van der Waals surface area contributed by atoms with Gasteiger partial charge in [-0.25, -0.2) is 19.3 Å². The van der Waals surface area contributed by atoms with Crippen molar-refractivity contribution in [3.05, 3.63) is 64.9 Å². The third-order valence-electron chi connectivity index (χ3n) is 5.68. The van der Waals surface area contributed by atoms with Crippen molar-refractivity contribution in [2.75, 3.05) is 18.0 Å². The van der Waals surface area contributed by atoms with Gasteiger partial charge in [0.2, 0.25) is 5.91 Å². The molecular weight excluding hydrogens is 369 g/mol. The van der Waals surface area contributed by atoms with Gasteiger partial charge in [0, 0.05) is 18.1 Å². The fraction of sp³-hybridized carbons (Fsp3) is 0.300. The normalized spacial score (nSPS) is 28.1. The molecule has 138 valence electrons. The van der Waals surface area contributed by atoms with Gasteiger partial charge in [0.15, 0.2) is 0 Å². The molecule has 2 amide bonds. The number of amides is 2. The number of hydrogen-bond donors (Lipinski definition) is 0. The van der Waals surface area contributed by atoms with Crippen LogP contribution in [0.5, 0.6) is 0 Å². The first-order chi connectivity index (χ1) is 13.1. The Morgan fingerprint density at radius 1 is 0.926 bits per heavy atom. The Morgan fingerprint density at radius 3 is 2.33 bits per heavy atom. The molecule has 3 atom stereocenters. The summed E-state index contributed by atoms with van der Waals surface area (Å²) in [4.78, 5) is 27.8. The second-order valence-electron chi connectivity index (χ2n) is 7.14. The van der Waals surface area contributed by atoms with Gasteiger partial charge in [0.25, 0.3) is 5.91 Å². The maximum Gasteiger partial charge on any atom is 0.253 e. The monoisotopic (exact) mass is 385 g/mol. The molecule has 0 unspecified atom stereocenters. The van der Waals surface area contributed by atoms with E-state index >= 15 is 0 Å². The molecule has 3 heterocycles. The van der Waals surface area contributed by atoms with Crippen LogP contribution in [0.3, 0.4) is 0 Å². The fourth-order valence-corrected chi connectivity index (χ4v) is 4.83. The van der Waals surface area contributed by atoms with Gasteiger partial charge in [-0.2, -0.15) is 0 Å². The number of fused-ring (bicyclic) bond motifs is 3. The largest absolute Gasteiger partial charge is 0.274 e. The van der Waals surface area contributed by atoms with E-state index in [1.807, 2.05) is 5.01 Å². The first-order valence-electron chi connectivity index (χ1n) is 8.98. The van der Waals surface area contributed by atoms with Crippen LogP contribution in [0.25, 0.3) is 0 Å². The van der Waals surface area contributed by atoms with Gasteiger partial charge in [0.1, 0.15) is 11.9 Å². The molecular formula is C20H17ClFN3O2. The molecule has 3 aliphatic heterocycles. The van der Waals surface area contributed by atoms with Crippen LogP contribution < -0.4 is 4.90 Å². The molecule has 0 radical (unpaired) electrons. The predicted molar refractivity (Wildman–Crippen MR) is 98.4 cm³/mol. The summed E-state index contributed by atoms with van der Waals surface area (Å²) in [6, 6.07) is 12.2. The number of carbonyl (C=O) groups is 2. The van der Waals surface area contributed by atoms with Crippen LogP contribution in [0.4, 0.5) is 10.1 Å². The van der Waals surface area contributed by atoms with Crippen molar-refractivity contribution < 1.29 is 14.0 Å². The molecule has 5 rings (SSSR count). The molecule has 0 aliphatic carbocycles. The molecule has 7 heteroatoms. The summed E-state index contributed by atoms with van der Waals surface area (Å²) < 4.78 is 13.4. The Labute approximate surface area is 160 Å². The van der Waals surface area contributed by atoms with Gasteiger partial charge in [-0.1, -0.05) is 29.8 Å². The van der Waals surface area contributed by atoms with Gasteiger partial charge in [-0.05, 0) is 42.3 Å². The zero-order valence-electron chi connectivity index (χ0n) is 14.4. The topological polar surface area (TPSA) is 43.9 Å². The number of nitrogens with zero attached hydrogens (tertiary/aromatic N) is 3. The zero-order chi connectivity index (χ0) is 18.7. The molecule has 3 aliphatic rings. The lowest BCUT2D eigenvalue weighted by Crippen LogP contribution is -2.44. The molecule has 0 N–H and O–H groups in total. The highest BCUT2D eigenvalue weighted by Crippen LogP contribution is 2.48. The predicted octanol–water partition coefficient (Wildman–Crippen LogP) is 3.01. The molecule has 2 aromatic carbocycles. The maximum atomic E-state index is 13.4.